The van der Waals surface area contributed by atoms with Crippen LogP contribution in [0.1, 0.15) is 20.8 Å². The van der Waals surface area contributed by atoms with Crippen LogP contribution in [0.2, 0.25) is 0 Å². The van der Waals surface area contributed by atoms with E-state index >= 15 is 0 Å². The van der Waals surface area contributed by atoms with E-state index in [4.69, 9.17) is 5.26 Å². The predicted molar refractivity (Wildman–Crippen MR) is 40.9 cm³/mol. The lowest BCUT2D eigenvalue weighted by atomic mass is 9.94. The molecule has 0 rings (SSSR count). The predicted octanol–water partition coefficient (Wildman–Crippen LogP) is 1.44. The van der Waals surface area contributed by atoms with E-state index in [1.165, 1.54) is 19.9 Å². The van der Waals surface area contributed by atoms with E-state index in [-0.39, 0.29) is 6.61 Å². The Morgan fingerprint density at radius 1 is 1.75 bits per heavy atom. The minimum Gasteiger partial charge on any atom is -0.463 e. The summed E-state index contributed by atoms with van der Waals surface area (Å²) in [7, 11) is 0. The Labute approximate surface area is 71.1 Å². The molecule has 0 saturated carbocycles. The minimum absolute atomic E-state index is 0.0822. The number of ether oxygens (including phenoxy) is 1. The number of nitriles is 1. The first kappa shape index (κ1) is 10.9. The lowest BCUT2D eigenvalue weighted by molar-refractivity contribution is -0.155. The molecule has 68 valence electrons. The highest BCUT2D eigenvalue weighted by molar-refractivity contribution is 5.83. The van der Waals surface area contributed by atoms with Crippen LogP contribution in [-0.2, 0) is 9.53 Å². The molecule has 0 aliphatic rings. The van der Waals surface area contributed by atoms with Crippen molar-refractivity contribution >= 4 is 5.97 Å². The molecule has 0 aromatic rings. The number of hydrogen-bond acceptors (Lipinski definition) is 3. The largest absolute Gasteiger partial charge is 0.463 e. The molecule has 0 radical (unpaired) electrons. The molecule has 0 amide bonds. The molecule has 0 saturated heterocycles. The first-order chi connectivity index (χ1) is 5.49. The number of halogens is 1. The standard InChI is InChI=1S/C8H12FNO2/c1-4-12-7(11)8(9,5-10)6(2)3/h6H,4H2,1-3H3/t8-/m0/s1. The zero-order valence-electron chi connectivity index (χ0n) is 7.43. The Kier molecular flexibility index (Phi) is 3.68. The average Bonchev–Trinajstić information content (AvgIpc) is 2.03. The first-order valence-corrected chi connectivity index (χ1v) is 3.76. The zero-order chi connectivity index (χ0) is 9.78. The van der Waals surface area contributed by atoms with Crippen molar-refractivity contribution in [3.05, 3.63) is 0 Å². The smallest absolute Gasteiger partial charge is 0.359 e. The van der Waals surface area contributed by atoms with E-state index in [0.717, 1.165) is 0 Å². The van der Waals surface area contributed by atoms with Gasteiger partial charge in [-0.2, -0.15) is 5.26 Å². The van der Waals surface area contributed by atoms with Crippen LogP contribution in [0.5, 0.6) is 0 Å². The fourth-order valence-electron chi connectivity index (χ4n) is 0.647. The van der Waals surface area contributed by atoms with Crippen LogP contribution in [0.15, 0.2) is 0 Å². The Balaban J connectivity index is 4.55. The van der Waals surface area contributed by atoms with E-state index in [1.807, 2.05) is 0 Å². The summed E-state index contributed by atoms with van der Waals surface area (Å²) in [5.41, 5.74) is -2.50. The van der Waals surface area contributed by atoms with Gasteiger partial charge in [0.25, 0.3) is 5.67 Å². The molecule has 0 spiro atoms. The van der Waals surface area contributed by atoms with Crippen LogP contribution >= 0.6 is 0 Å². The van der Waals surface area contributed by atoms with Crippen LogP contribution in [0.25, 0.3) is 0 Å². The molecule has 0 aliphatic carbocycles. The van der Waals surface area contributed by atoms with E-state index < -0.39 is 17.6 Å². The Morgan fingerprint density at radius 2 is 2.25 bits per heavy atom. The van der Waals surface area contributed by atoms with Gasteiger partial charge in [-0.3, -0.25) is 0 Å². The maximum absolute atomic E-state index is 13.4. The molecule has 3 nitrogen and oxygen atoms in total. The van der Waals surface area contributed by atoms with Crippen molar-refractivity contribution in [2.24, 2.45) is 5.92 Å². The molecule has 0 bridgehead atoms. The van der Waals surface area contributed by atoms with Crippen LogP contribution < -0.4 is 0 Å². The summed E-state index contributed by atoms with van der Waals surface area (Å²) in [5, 5.41) is 8.43. The zero-order valence-corrected chi connectivity index (χ0v) is 7.43. The van der Waals surface area contributed by atoms with Crippen LogP contribution in [0.3, 0.4) is 0 Å². The van der Waals surface area contributed by atoms with Crippen LogP contribution in [0.4, 0.5) is 4.39 Å². The molecular formula is C8H12FNO2. The third-order valence-corrected chi connectivity index (χ3v) is 1.53. The van der Waals surface area contributed by atoms with Gasteiger partial charge >= 0.3 is 5.97 Å². The molecule has 12 heavy (non-hydrogen) atoms. The minimum atomic E-state index is -2.50. The summed E-state index contributed by atoms with van der Waals surface area (Å²) >= 11 is 0. The Bertz CT molecular complexity index is 210. The lowest BCUT2D eigenvalue weighted by Gasteiger charge is -2.18. The van der Waals surface area contributed by atoms with Crippen molar-refractivity contribution < 1.29 is 13.9 Å². The highest BCUT2D eigenvalue weighted by Crippen LogP contribution is 2.22. The van der Waals surface area contributed by atoms with E-state index in [0.29, 0.717) is 0 Å². The number of esters is 1. The van der Waals surface area contributed by atoms with E-state index in [1.54, 1.807) is 6.92 Å². The quantitative estimate of drug-likeness (QED) is 0.607. The normalized spacial score (nSPS) is 15.0. The molecule has 0 aromatic heterocycles. The number of nitrogens with zero attached hydrogens (tertiary/aromatic N) is 1. The SMILES string of the molecule is CCOC(=O)[C@](F)(C#N)C(C)C. The van der Waals surface area contributed by atoms with Crippen molar-refractivity contribution in [3.8, 4) is 6.07 Å². The van der Waals surface area contributed by atoms with E-state index in [9.17, 15) is 9.18 Å². The summed E-state index contributed by atoms with van der Waals surface area (Å²) in [6.45, 7) is 4.56. The fourth-order valence-corrected chi connectivity index (χ4v) is 0.647. The van der Waals surface area contributed by atoms with Gasteiger partial charge < -0.3 is 4.74 Å². The number of carbonyl (C=O) groups excluding carboxylic acids is 1. The topological polar surface area (TPSA) is 50.1 Å². The second-order valence-corrected chi connectivity index (χ2v) is 2.70. The molecule has 1 atom stereocenters. The summed E-state index contributed by atoms with van der Waals surface area (Å²) in [6, 6.07) is 1.32. The fraction of sp³-hybridized carbons (Fsp3) is 0.750. The molecule has 0 N–H and O–H groups in total. The number of alkyl halides is 1. The molecule has 4 heteroatoms. The van der Waals surface area contributed by atoms with Gasteiger partial charge in [0.05, 0.1) is 6.61 Å². The molecule has 0 aliphatic heterocycles. The van der Waals surface area contributed by atoms with Crippen molar-refractivity contribution in [2.75, 3.05) is 6.61 Å². The summed E-state index contributed by atoms with van der Waals surface area (Å²) in [6.07, 6.45) is 0. The van der Waals surface area contributed by atoms with Gasteiger partial charge in [-0.1, -0.05) is 13.8 Å². The molecule has 0 unspecified atom stereocenters. The maximum Gasteiger partial charge on any atom is 0.359 e. The van der Waals surface area contributed by atoms with Crippen molar-refractivity contribution in [1.29, 1.82) is 5.26 Å². The van der Waals surface area contributed by atoms with Gasteiger partial charge in [0.2, 0.25) is 0 Å². The summed E-state index contributed by atoms with van der Waals surface area (Å²) in [4.78, 5) is 10.9. The Morgan fingerprint density at radius 3 is 2.50 bits per heavy atom. The van der Waals surface area contributed by atoms with Crippen molar-refractivity contribution in [2.45, 2.75) is 26.4 Å². The van der Waals surface area contributed by atoms with Gasteiger partial charge in [-0.15, -0.1) is 0 Å². The Hall–Kier alpha value is -1.11. The second-order valence-electron chi connectivity index (χ2n) is 2.70. The van der Waals surface area contributed by atoms with E-state index in [2.05, 4.69) is 4.74 Å². The summed E-state index contributed by atoms with van der Waals surface area (Å²) in [5.74, 6) is -1.79. The molecule has 0 heterocycles. The van der Waals surface area contributed by atoms with Crippen molar-refractivity contribution in [3.63, 3.8) is 0 Å². The van der Waals surface area contributed by atoms with Gasteiger partial charge in [-0.25, -0.2) is 9.18 Å². The second kappa shape index (κ2) is 4.05. The first-order valence-electron chi connectivity index (χ1n) is 3.76. The van der Waals surface area contributed by atoms with Crippen molar-refractivity contribution in [1.82, 2.24) is 0 Å². The highest BCUT2D eigenvalue weighted by atomic mass is 19.1. The van der Waals surface area contributed by atoms with Gasteiger partial charge in [0.1, 0.15) is 6.07 Å². The van der Waals surface area contributed by atoms with Crippen LogP contribution in [0, 0.1) is 17.2 Å². The molecule has 0 aromatic carbocycles. The lowest BCUT2D eigenvalue weighted by Crippen LogP contribution is -2.39. The number of carbonyl (C=O) groups is 1. The summed E-state index contributed by atoms with van der Waals surface area (Å²) < 4.78 is 17.8. The third-order valence-electron chi connectivity index (χ3n) is 1.53. The molecule has 0 fully saturated rings. The monoisotopic (exact) mass is 173 g/mol. The maximum atomic E-state index is 13.4. The van der Waals surface area contributed by atoms with Crippen LogP contribution in [-0.4, -0.2) is 18.2 Å². The number of rotatable bonds is 3. The van der Waals surface area contributed by atoms with Gasteiger partial charge in [0.15, 0.2) is 0 Å². The van der Waals surface area contributed by atoms with Gasteiger partial charge in [0, 0.05) is 5.92 Å². The number of hydrogen-bond donors (Lipinski definition) is 0. The highest BCUT2D eigenvalue weighted by Gasteiger charge is 2.44. The van der Waals surface area contributed by atoms with Gasteiger partial charge in [-0.05, 0) is 6.92 Å². The third kappa shape index (κ3) is 1.94. The average molecular weight is 173 g/mol. The molecular weight excluding hydrogens is 161 g/mol.